The molecule has 2 saturated heterocycles. The number of piperidine rings is 1. The van der Waals surface area contributed by atoms with Crippen LogP contribution in [0.5, 0.6) is 0 Å². The van der Waals surface area contributed by atoms with Crippen molar-refractivity contribution < 1.29 is 14.4 Å². The molecule has 2 rings (SSSR count). The highest BCUT2D eigenvalue weighted by Gasteiger charge is 2.26. The van der Waals surface area contributed by atoms with Gasteiger partial charge in [-0.25, -0.2) is 4.79 Å². The molecule has 2 aliphatic heterocycles. The Hall–Kier alpha value is -1.67. The fourth-order valence-electron chi connectivity index (χ4n) is 3.29. The zero-order valence-electron chi connectivity index (χ0n) is 14.7. The number of rotatable bonds is 4. The number of hydrogen-bond acceptors (Lipinski definition) is 5. The van der Waals surface area contributed by atoms with Crippen LogP contribution in [-0.2, 0) is 9.59 Å². The third-order valence-electron chi connectivity index (χ3n) is 4.79. The minimum absolute atomic E-state index is 0.207. The highest BCUT2D eigenvalue weighted by molar-refractivity contribution is 5.95. The fraction of sp³-hybridized carbons (Fsp3) is 0.812. The number of hydrogen-bond donors (Lipinski definition) is 2. The van der Waals surface area contributed by atoms with E-state index >= 15 is 0 Å². The van der Waals surface area contributed by atoms with E-state index in [-0.39, 0.29) is 18.4 Å². The summed E-state index contributed by atoms with van der Waals surface area (Å²) < 4.78 is 0. The van der Waals surface area contributed by atoms with Crippen LogP contribution < -0.4 is 10.6 Å². The molecule has 0 aliphatic carbocycles. The molecule has 0 aromatic rings. The lowest BCUT2D eigenvalue weighted by Crippen LogP contribution is -2.53. The topological polar surface area (TPSA) is 85.0 Å². The molecule has 1 atom stereocenters. The van der Waals surface area contributed by atoms with E-state index in [2.05, 4.69) is 22.5 Å². The maximum Gasteiger partial charge on any atom is 0.321 e. The lowest BCUT2D eigenvalue weighted by Gasteiger charge is -2.37. The second-order valence-corrected chi connectivity index (χ2v) is 6.61. The Morgan fingerprint density at radius 3 is 2.17 bits per heavy atom. The van der Waals surface area contributed by atoms with Crippen LogP contribution >= 0.6 is 0 Å². The van der Waals surface area contributed by atoms with Crippen LogP contribution in [-0.4, -0.2) is 91.4 Å². The second-order valence-electron chi connectivity index (χ2n) is 6.61. The highest BCUT2D eigenvalue weighted by atomic mass is 16.2. The van der Waals surface area contributed by atoms with Gasteiger partial charge >= 0.3 is 6.03 Å². The Kier molecular flexibility index (Phi) is 6.99. The average Bonchev–Trinajstić information content (AvgIpc) is 2.56. The first kappa shape index (κ1) is 18.7. The molecule has 2 N–H and O–H groups in total. The standard InChI is InChI=1S/C16H29N5O3/c1-13-5-3-4-6-21(13)15(23)12-20-9-7-19(8-10-20)11-14(22)18-16(24)17-2/h13H,3-12H2,1-2H3,(H2,17,18,22,24)/t13-/m1/s1. The summed E-state index contributed by atoms with van der Waals surface area (Å²) in [6.07, 6.45) is 3.41. The van der Waals surface area contributed by atoms with E-state index in [4.69, 9.17) is 0 Å². The van der Waals surface area contributed by atoms with Gasteiger partial charge in [0.25, 0.3) is 0 Å². The van der Waals surface area contributed by atoms with Crippen LogP contribution in [0.2, 0.25) is 0 Å². The predicted octanol–water partition coefficient (Wildman–Crippen LogP) is -0.539. The van der Waals surface area contributed by atoms with E-state index < -0.39 is 6.03 Å². The summed E-state index contributed by atoms with van der Waals surface area (Å²) in [5.74, 6) is -0.0889. The SMILES string of the molecule is CNC(=O)NC(=O)CN1CCN(CC(=O)N2CCCC[C@H]2C)CC1. The van der Waals surface area contributed by atoms with Crippen LogP contribution in [0, 0.1) is 0 Å². The quantitative estimate of drug-likeness (QED) is 0.719. The average molecular weight is 339 g/mol. The Morgan fingerprint density at radius 1 is 0.958 bits per heavy atom. The molecule has 0 aromatic heterocycles. The Labute approximate surface area is 143 Å². The molecule has 2 heterocycles. The van der Waals surface area contributed by atoms with Gasteiger partial charge in [-0.15, -0.1) is 0 Å². The van der Waals surface area contributed by atoms with E-state index in [9.17, 15) is 14.4 Å². The van der Waals surface area contributed by atoms with Crippen molar-refractivity contribution in [2.75, 3.05) is 52.9 Å². The molecule has 2 fully saturated rings. The summed E-state index contributed by atoms with van der Waals surface area (Å²) >= 11 is 0. The molecule has 0 unspecified atom stereocenters. The van der Waals surface area contributed by atoms with Crippen LogP contribution in [0.3, 0.4) is 0 Å². The van der Waals surface area contributed by atoms with E-state index in [0.717, 1.165) is 45.6 Å². The predicted molar refractivity (Wildman–Crippen MR) is 90.5 cm³/mol. The molecule has 0 bridgehead atoms. The summed E-state index contributed by atoms with van der Waals surface area (Å²) in [5.41, 5.74) is 0. The Morgan fingerprint density at radius 2 is 1.58 bits per heavy atom. The normalized spacial score (nSPS) is 22.9. The summed E-state index contributed by atoms with van der Waals surface area (Å²) in [7, 11) is 1.47. The fourth-order valence-corrected chi connectivity index (χ4v) is 3.29. The molecule has 0 spiro atoms. The lowest BCUT2D eigenvalue weighted by molar-refractivity contribution is -0.136. The zero-order valence-corrected chi connectivity index (χ0v) is 14.7. The van der Waals surface area contributed by atoms with E-state index in [1.54, 1.807) is 0 Å². The van der Waals surface area contributed by atoms with Crippen molar-refractivity contribution in [2.45, 2.75) is 32.2 Å². The van der Waals surface area contributed by atoms with Gasteiger partial charge < -0.3 is 10.2 Å². The van der Waals surface area contributed by atoms with Gasteiger partial charge in [-0.05, 0) is 26.2 Å². The third kappa shape index (κ3) is 5.45. The molecular weight excluding hydrogens is 310 g/mol. The number of carbonyl (C=O) groups excluding carboxylic acids is 3. The largest absolute Gasteiger partial charge is 0.341 e. The molecule has 8 nitrogen and oxygen atoms in total. The number of carbonyl (C=O) groups is 3. The van der Waals surface area contributed by atoms with Gasteiger partial charge in [0.2, 0.25) is 11.8 Å². The number of imide groups is 1. The number of likely N-dealkylation sites (tertiary alicyclic amines) is 1. The van der Waals surface area contributed by atoms with Gasteiger partial charge in [-0.2, -0.15) is 0 Å². The first-order chi connectivity index (χ1) is 11.5. The van der Waals surface area contributed by atoms with Crippen molar-refractivity contribution in [1.29, 1.82) is 0 Å². The number of urea groups is 1. The number of piperazine rings is 1. The molecule has 0 radical (unpaired) electrons. The first-order valence-electron chi connectivity index (χ1n) is 8.75. The van der Waals surface area contributed by atoms with Crippen molar-refractivity contribution >= 4 is 17.8 Å². The van der Waals surface area contributed by atoms with Gasteiger partial charge in [-0.3, -0.25) is 24.7 Å². The Balaban J connectivity index is 1.69. The van der Waals surface area contributed by atoms with Crippen LogP contribution in [0.15, 0.2) is 0 Å². The zero-order chi connectivity index (χ0) is 17.5. The summed E-state index contributed by atoms with van der Waals surface area (Å²) in [6.45, 7) is 6.65. The molecule has 2 aliphatic rings. The first-order valence-corrected chi connectivity index (χ1v) is 8.75. The van der Waals surface area contributed by atoms with Crippen molar-refractivity contribution in [3.05, 3.63) is 0 Å². The molecule has 4 amide bonds. The van der Waals surface area contributed by atoms with Gasteiger partial charge in [0, 0.05) is 45.8 Å². The minimum Gasteiger partial charge on any atom is -0.341 e. The highest BCUT2D eigenvalue weighted by Crippen LogP contribution is 2.16. The monoisotopic (exact) mass is 339 g/mol. The van der Waals surface area contributed by atoms with Crippen molar-refractivity contribution in [3.63, 3.8) is 0 Å². The molecule has 0 saturated carbocycles. The Bertz CT molecular complexity index is 463. The molecule has 136 valence electrons. The van der Waals surface area contributed by atoms with Gasteiger partial charge in [0.05, 0.1) is 13.1 Å². The third-order valence-corrected chi connectivity index (χ3v) is 4.79. The maximum absolute atomic E-state index is 12.5. The second kappa shape index (κ2) is 8.98. The summed E-state index contributed by atoms with van der Waals surface area (Å²) in [6, 6.07) is -0.138. The van der Waals surface area contributed by atoms with Gasteiger partial charge in [0.1, 0.15) is 0 Å². The van der Waals surface area contributed by atoms with Crippen molar-refractivity contribution in [2.24, 2.45) is 0 Å². The minimum atomic E-state index is -0.486. The smallest absolute Gasteiger partial charge is 0.321 e. The lowest BCUT2D eigenvalue weighted by atomic mass is 10.0. The summed E-state index contributed by atoms with van der Waals surface area (Å²) in [4.78, 5) is 41.4. The van der Waals surface area contributed by atoms with Crippen LogP contribution in [0.1, 0.15) is 26.2 Å². The van der Waals surface area contributed by atoms with Crippen molar-refractivity contribution in [1.82, 2.24) is 25.3 Å². The molecule has 24 heavy (non-hydrogen) atoms. The van der Waals surface area contributed by atoms with E-state index in [0.29, 0.717) is 12.6 Å². The molecule has 8 heteroatoms. The summed E-state index contributed by atoms with van der Waals surface area (Å²) in [5, 5.41) is 4.62. The molecule has 0 aromatic carbocycles. The number of nitrogens with one attached hydrogen (secondary N) is 2. The van der Waals surface area contributed by atoms with E-state index in [1.807, 2.05) is 9.80 Å². The van der Waals surface area contributed by atoms with Gasteiger partial charge in [-0.1, -0.05) is 0 Å². The maximum atomic E-state index is 12.5. The van der Waals surface area contributed by atoms with Crippen LogP contribution in [0.25, 0.3) is 0 Å². The number of amides is 4. The van der Waals surface area contributed by atoms with Crippen LogP contribution in [0.4, 0.5) is 4.79 Å². The van der Waals surface area contributed by atoms with E-state index in [1.165, 1.54) is 13.5 Å². The number of nitrogens with zero attached hydrogens (tertiary/aromatic N) is 3. The van der Waals surface area contributed by atoms with Gasteiger partial charge in [0.15, 0.2) is 0 Å². The van der Waals surface area contributed by atoms with Crippen molar-refractivity contribution in [3.8, 4) is 0 Å². The molecular formula is C16H29N5O3.